The van der Waals surface area contributed by atoms with Gasteiger partial charge in [-0.15, -0.1) is 0 Å². The van der Waals surface area contributed by atoms with E-state index in [9.17, 15) is 15.4 Å². The van der Waals surface area contributed by atoms with E-state index in [2.05, 4.69) is 16.0 Å². The predicted molar refractivity (Wildman–Crippen MR) is 96.8 cm³/mol. The van der Waals surface area contributed by atoms with Crippen LogP contribution in [-0.2, 0) is 0 Å². The summed E-state index contributed by atoms with van der Waals surface area (Å²) in [7, 11) is 0. The number of allylic oxidation sites excluding steroid dienone is 1. The summed E-state index contributed by atoms with van der Waals surface area (Å²) in [6, 6.07) is 14.6. The summed E-state index contributed by atoms with van der Waals surface area (Å²) in [5, 5.41) is 20.8. The second-order valence-corrected chi connectivity index (χ2v) is 6.00. The third-order valence-corrected chi connectivity index (χ3v) is 3.95. The molecule has 25 heavy (non-hydrogen) atoms. The minimum atomic E-state index is -0.389. The molecule has 0 amide bonds. The lowest BCUT2D eigenvalue weighted by Crippen LogP contribution is -1.98. The van der Waals surface area contributed by atoms with Crippen molar-refractivity contribution in [2.45, 2.75) is 19.8 Å². The van der Waals surface area contributed by atoms with E-state index in [4.69, 9.17) is 0 Å². The third kappa shape index (κ3) is 3.26. The highest BCUT2D eigenvalue weighted by Gasteiger charge is 2.17. The zero-order chi connectivity index (χ0) is 18.0. The fraction of sp³-hybridized carbons (Fsp3) is 0.158. The first-order chi connectivity index (χ1) is 12.0. The van der Waals surface area contributed by atoms with Gasteiger partial charge in [0.25, 0.3) is 5.69 Å². The van der Waals surface area contributed by atoms with E-state index >= 15 is 0 Å². The van der Waals surface area contributed by atoms with E-state index in [1.54, 1.807) is 18.2 Å². The topological polar surface area (TPSA) is 95.6 Å². The maximum absolute atomic E-state index is 11.3. The van der Waals surface area contributed by atoms with Gasteiger partial charge >= 0.3 is 0 Å². The minimum absolute atomic E-state index is 0.0456. The average molecular weight is 332 g/mol. The van der Waals surface area contributed by atoms with Crippen molar-refractivity contribution in [3.63, 3.8) is 0 Å². The summed E-state index contributed by atoms with van der Waals surface area (Å²) in [4.78, 5) is 18.4. The maximum atomic E-state index is 11.3. The van der Waals surface area contributed by atoms with Crippen molar-refractivity contribution in [3.8, 4) is 6.07 Å². The lowest BCUT2D eigenvalue weighted by atomic mass is 9.98. The lowest BCUT2D eigenvalue weighted by Gasteiger charge is -2.07. The smallest absolute Gasteiger partial charge is 0.273 e. The zero-order valence-corrected chi connectivity index (χ0v) is 13.9. The summed E-state index contributed by atoms with van der Waals surface area (Å²) >= 11 is 0. The first-order valence-corrected chi connectivity index (χ1v) is 7.85. The van der Waals surface area contributed by atoms with Crippen molar-refractivity contribution in [1.82, 2.24) is 9.97 Å². The van der Waals surface area contributed by atoms with Gasteiger partial charge in [0.05, 0.1) is 21.5 Å². The number of para-hydroxylation sites is 2. The van der Waals surface area contributed by atoms with Crippen LogP contribution in [0.25, 0.3) is 22.7 Å². The van der Waals surface area contributed by atoms with E-state index in [0.717, 1.165) is 11.0 Å². The number of nitriles is 1. The van der Waals surface area contributed by atoms with Crippen LogP contribution < -0.4 is 0 Å². The van der Waals surface area contributed by atoms with Crippen LogP contribution >= 0.6 is 0 Å². The molecule has 0 aliphatic carbocycles. The number of nitrogens with one attached hydrogen (secondary N) is 1. The first-order valence-electron chi connectivity index (χ1n) is 7.85. The van der Waals surface area contributed by atoms with Crippen molar-refractivity contribution < 1.29 is 4.92 Å². The van der Waals surface area contributed by atoms with Gasteiger partial charge in [0, 0.05) is 11.6 Å². The number of aromatic amines is 1. The number of aromatic nitrogens is 2. The van der Waals surface area contributed by atoms with E-state index in [1.165, 1.54) is 6.07 Å². The Morgan fingerprint density at radius 3 is 2.72 bits per heavy atom. The van der Waals surface area contributed by atoms with Crippen molar-refractivity contribution >= 4 is 28.4 Å². The average Bonchev–Trinajstić information content (AvgIpc) is 3.03. The molecule has 0 unspecified atom stereocenters. The van der Waals surface area contributed by atoms with E-state index in [-0.39, 0.29) is 16.5 Å². The van der Waals surface area contributed by atoms with Crippen LogP contribution in [0.3, 0.4) is 0 Å². The number of H-pyrrole nitrogens is 1. The van der Waals surface area contributed by atoms with Crippen molar-refractivity contribution in [2.24, 2.45) is 0 Å². The number of imidazole rings is 1. The summed E-state index contributed by atoms with van der Waals surface area (Å²) in [6.45, 7) is 3.82. The van der Waals surface area contributed by atoms with Gasteiger partial charge in [-0.2, -0.15) is 5.26 Å². The van der Waals surface area contributed by atoms with Gasteiger partial charge in [0.1, 0.15) is 11.9 Å². The molecule has 3 aromatic rings. The molecule has 1 heterocycles. The number of nitro groups is 1. The van der Waals surface area contributed by atoms with Gasteiger partial charge in [-0.3, -0.25) is 10.1 Å². The Morgan fingerprint density at radius 2 is 2.08 bits per heavy atom. The van der Waals surface area contributed by atoms with Gasteiger partial charge in [0.2, 0.25) is 0 Å². The minimum Gasteiger partial charge on any atom is -0.337 e. The molecule has 0 spiro atoms. The molecule has 2 aromatic carbocycles. The number of benzene rings is 2. The zero-order valence-electron chi connectivity index (χ0n) is 13.9. The molecule has 0 saturated carbocycles. The molecule has 0 saturated heterocycles. The van der Waals surface area contributed by atoms with Crippen LogP contribution in [0.1, 0.15) is 36.7 Å². The molecule has 124 valence electrons. The maximum Gasteiger partial charge on any atom is 0.273 e. The van der Waals surface area contributed by atoms with Crippen molar-refractivity contribution in [2.75, 3.05) is 0 Å². The Morgan fingerprint density at radius 1 is 1.32 bits per heavy atom. The van der Waals surface area contributed by atoms with Gasteiger partial charge in [-0.1, -0.05) is 38.1 Å². The summed E-state index contributed by atoms with van der Waals surface area (Å²) < 4.78 is 0. The Balaban J connectivity index is 2.07. The van der Waals surface area contributed by atoms with Gasteiger partial charge in [-0.05, 0) is 29.7 Å². The summed E-state index contributed by atoms with van der Waals surface area (Å²) in [6.07, 6.45) is 1.61. The number of nitrogens with zero attached hydrogens (tertiary/aromatic N) is 3. The molecule has 6 heteroatoms. The van der Waals surface area contributed by atoms with Gasteiger partial charge < -0.3 is 4.98 Å². The molecule has 1 N–H and O–H groups in total. The Labute approximate surface area is 144 Å². The normalized spacial score (nSPS) is 11.7. The standard InChI is InChI=1S/C19H16N4O2/c1-12(2)15-8-7-13(10-18(15)23(24)25)9-14(11-20)19-21-16-5-3-4-6-17(16)22-19/h3-10,12H,1-2H3,(H,21,22)/b14-9+. The molecule has 3 rings (SSSR count). The van der Waals surface area contributed by atoms with Crippen LogP contribution in [0.5, 0.6) is 0 Å². The van der Waals surface area contributed by atoms with Crippen molar-refractivity contribution in [3.05, 3.63) is 69.5 Å². The Bertz CT molecular complexity index is 992. The molecule has 1 aromatic heterocycles. The molecular weight excluding hydrogens is 316 g/mol. The number of hydrogen-bond acceptors (Lipinski definition) is 4. The Kier molecular flexibility index (Phi) is 4.31. The number of rotatable bonds is 4. The van der Waals surface area contributed by atoms with E-state index in [1.807, 2.05) is 38.1 Å². The van der Waals surface area contributed by atoms with E-state index in [0.29, 0.717) is 22.5 Å². The highest BCUT2D eigenvalue weighted by molar-refractivity contribution is 5.90. The van der Waals surface area contributed by atoms with Crippen LogP contribution in [-0.4, -0.2) is 14.9 Å². The third-order valence-electron chi connectivity index (χ3n) is 3.95. The van der Waals surface area contributed by atoms with E-state index < -0.39 is 0 Å². The molecule has 0 aliphatic rings. The van der Waals surface area contributed by atoms with Gasteiger partial charge in [0.15, 0.2) is 0 Å². The molecule has 0 aliphatic heterocycles. The lowest BCUT2D eigenvalue weighted by molar-refractivity contribution is -0.385. The fourth-order valence-corrected chi connectivity index (χ4v) is 2.70. The van der Waals surface area contributed by atoms with Gasteiger partial charge in [-0.25, -0.2) is 4.98 Å². The quantitative estimate of drug-likeness (QED) is 0.427. The van der Waals surface area contributed by atoms with Crippen molar-refractivity contribution in [1.29, 1.82) is 5.26 Å². The first kappa shape index (κ1) is 16.4. The summed E-state index contributed by atoms with van der Waals surface area (Å²) in [5.74, 6) is 0.489. The van der Waals surface area contributed by atoms with Crippen LogP contribution in [0.15, 0.2) is 42.5 Å². The number of fused-ring (bicyclic) bond motifs is 1. The molecular formula is C19H16N4O2. The van der Waals surface area contributed by atoms with Crippen LogP contribution in [0, 0.1) is 21.4 Å². The molecule has 0 radical (unpaired) electrons. The monoisotopic (exact) mass is 332 g/mol. The second-order valence-electron chi connectivity index (χ2n) is 6.00. The highest BCUT2D eigenvalue weighted by Crippen LogP contribution is 2.29. The van der Waals surface area contributed by atoms with Crippen LogP contribution in [0.4, 0.5) is 5.69 Å². The largest absolute Gasteiger partial charge is 0.337 e. The molecule has 0 fully saturated rings. The number of nitro benzene ring substituents is 1. The molecule has 0 atom stereocenters. The SMILES string of the molecule is CC(C)c1ccc(/C=C(\C#N)c2nc3ccccc3[nH]2)cc1[N+](=O)[O-]. The predicted octanol–water partition coefficient (Wildman–Crippen LogP) is 4.66. The second kappa shape index (κ2) is 6.57. The summed E-state index contributed by atoms with van der Waals surface area (Å²) in [5.41, 5.74) is 3.24. The Hall–Kier alpha value is -3.46. The van der Waals surface area contributed by atoms with Crippen LogP contribution in [0.2, 0.25) is 0 Å². The fourth-order valence-electron chi connectivity index (χ4n) is 2.70. The molecule has 0 bridgehead atoms. The highest BCUT2D eigenvalue weighted by atomic mass is 16.6. The molecule has 6 nitrogen and oxygen atoms in total. The number of hydrogen-bond donors (Lipinski definition) is 1.